The minimum Gasteiger partial charge on any atom is -0.480 e. The highest BCUT2D eigenvalue weighted by atomic mass is 79.9. The van der Waals surface area contributed by atoms with E-state index in [1.807, 2.05) is 0 Å². The van der Waals surface area contributed by atoms with Crippen molar-refractivity contribution in [2.45, 2.75) is 63.9 Å². The standard InChI is InChI=1S/C15H12BrClF4N2O2.C13H10Cl2F3N3O3.C5H12NO4P/c1-6(2)25-14(24)7-4-8(10(18)5-9(7)17)12-11(16)13(15(19,20)21)23(3)22-12;1-5-19-21(13(24)20(5)12(17)18)10-3-6(2-8(15)11(22)23)7(14)4-9(10)16;1-11(9,10)3-2-4(6)5(7)8/h4-6H,1-3H3;3-4,8,12H,2H2,1H3,(H,22,23);4H,2-3,6H2,1H3,(H,7,8)(H,9,10). The lowest BCUT2D eigenvalue weighted by molar-refractivity contribution is -0.144. The fourth-order valence-corrected chi connectivity index (χ4v) is 6.84. The molecule has 15 nitrogen and oxygen atoms in total. The molecule has 3 atom stereocenters. The van der Waals surface area contributed by atoms with Crippen LogP contribution in [0.2, 0.25) is 10.0 Å². The van der Waals surface area contributed by atoms with E-state index in [1.54, 1.807) is 13.8 Å². The smallest absolute Gasteiger partial charge is 0.434 e. The number of esters is 1. The maximum absolute atomic E-state index is 14.3. The van der Waals surface area contributed by atoms with E-state index >= 15 is 0 Å². The van der Waals surface area contributed by atoms with E-state index in [1.165, 1.54) is 6.66 Å². The van der Waals surface area contributed by atoms with Crippen molar-refractivity contribution in [1.82, 2.24) is 24.1 Å². The van der Waals surface area contributed by atoms with E-state index in [9.17, 15) is 54.5 Å². The molecular formula is C33H34BrCl3F7N6O9P. The van der Waals surface area contributed by atoms with Crippen molar-refractivity contribution in [1.29, 1.82) is 0 Å². The first-order chi connectivity index (χ1) is 27.4. The average molecular weight is 1010 g/mol. The third-order valence-electron chi connectivity index (χ3n) is 7.49. The Kier molecular flexibility index (Phi) is 18.4. The Labute approximate surface area is 358 Å². The second-order valence-electron chi connectivity index (χ2n) is 12.7. The van der Waals surface area contributed by atoms with Gasteiger partial charge in [-0.05, 0) is 73.0 Å². The number of ether oxygens (including phenoxy) is 1. The molecule has 0 bridgehead atoms. The number of aliphatic carboxylic acids is 2. The predicted molar refractivity (Wildman–Crippen MR) is 207 cm³/mol. The van der Waals surface area contributed by atoms with E-state index in [0.717, 1.165) is 38.2 Å². The molecule has 0 aliphatic heterocycles. The molecule has 0 radical (unpaired) electrons. The van der Waals surface area contributed by atoms with Crippen molar-refractivity contribution >= 4 is 76.0 Å². The molecule has 2 heterocycles. The molecule has 60 heavy (non-hydrogen) atoms. The van der Waals surface area contributed by atoms with Crippen LogP contribution in [0.5, 0.6) is 0 Å². The number of alkyl halides is 6. The fourth-order valence-electron chi connectivity index (χ4n) is 4.68. The molecule has 5 N–H and O–H groups in total. The Morgan fingerprint density at radius 2 is 1.58 bits per heavy atom. The summed E-state index contributed by atoms with van der Waals surface area (Å²) in [5.74, 6) is -5.48. The zero-order chi connectivity index (χ0) is 46.4. The van der Waals surface area contributed by atoms with Crippen LogP contribution in [-0.4, -0.2) is 87.5 Å². The van der Waals surface area contributed by atoms with Crippen LogP contribution in [0.25, 0.3) is 16.9 Å². The van der Waals surface area contributed by atoms with Crippen LogP contribution in [-0.2, 0) is 38.5 Å². The summed E-state index contributed by atoms with van der Waals surface area (Å²) < 4.78 is 110. The van der Waals surface area contributed by atoms with Gasteiger partial charge in [0.15, 0.2) is 18.9 Å². The van der Waals surface area contributed by atoms with Crippen molar-refractivity contribution in [3.8, 4) is 16.9 Å². The molecule has 2 aromatic heterocycles. The number of rotatable bonds is 12. The van der Waals surface area contributed by atoms with Gasteiger partial charge in [-0.25, -0.2) is 22.9 Å². The van der Waals surface area contributed by atoms with Gasteiger partial charge in [-0.1, -0.05) is 23.2 Å². The fraction of sp³-hybridized carbons (Fsp3) is 0.394. The Morgan fingerprint density at radius 3 is 2.03 bits per heavy atom. The second-order valence-corrected chi connectivity index (χ2v) is 17.4. The molecular weight excluding hydrogens is 975 g/mol. The summed E-state index contributed by atoms with van der Waals surface area (Å²) in [6, 6.07) is 2.72. The third kappa shape index (κ3) is 14.0. The number of nitrogens with zero attached hydrogens (tertiary/aromatic N) is 5. The lowest BCUT2D eigenvalue weighted by Crippen LogP contribution is -2.30. The van der Waals surface area contributed by atoms with Gasteiger partial charge in [-0.15, -0.1) is 16.7 Å². The molecule has 27 heteroatoms. The van der Waals surface area contributed by atoms with Gasteiger partial charge in [-0.2, -0.15) is 31.7 Å². The number of aromatic nitrogens is 5. The van der Waals surface area contributed by atoms with Crippen LogP contribution in [0.3, 0.4) is 0 Å². The molecule has 0 saturated heterocycles. The van der Waals surface area contributed by atoms with E-state index in [-0.39, 0.29) is 61.8 Å². The maximum atomic E-state index is 14.3. The van der Waals surface area contributed by atoms with Crippen LogP contribution >= 0.6 is 58.1 Å². The predicted octanol–water partition coefficient (Wildman–Crippen LogP) is 7.68. The van der Waals surface area contributed by atoms with E-state index < -0.39 is 88.7 Å². The van der Waals surface area contributed by atoms with Crippen molar-refractivity contribution in [3.63, 3.8) is 0 Å². The number of carbonyl (C=O) groups is 3. The van der Waals surface area contributed by atoms with Crippen LogP contribution in [0.15, 0.2) is 33.5 Å². The van der Waals surface area contributed by atoms with Crippen molar-refractivity contribution in [3.05, 3.63) is 83.5 Å². The highest BCUT2D eigenvalue weighted by Crippen LogP contribution is 2.41. The van der Waals surface area contributed by atoms with Crippen LogP contribution in [0.1, 0.15) is 54.3 Å². The van der Waals surface area contributed by atoms with Gasteiger partial charge < -0.3 is 25.6 Å². The van der Waals surface area contributed by atoms with Gasteiger partial charge in [-0.3, -0.25) is 18.8 Å². The van der Waals surface area contributed by atoms with Crippen LogP contribution in [0.4, 0.5) is 30.7 Å². The number of carboxylic acids is 2. The first kappa shape index (κ1) is 52.1. The Balaban J connectivity index is 0.000000334. The van der Waals surface area contributed by atoms with Crippen molar-refractivity contribution in [2.75, 3.05) is 12.8 Å². The summed E-state index contributed by atoms with van der Waals surface area (Å²) in [5.41, 5.74) is 1.69. The molecule has 0 saturated carbocycles. The highest BCUT2D eigenvalue weighted by molar-refractivity contribution is 9.10. The van der Waals surface area contributed by atoms with E-state index in [4.69, 9.17) is 60.4 Å². The highest BCUT2D eigenvalue weighted by Gasteiger charge is 2.39. The average Bonchev–Trinajstić information content (AvgIpc) is 3.57. The number of benzene rings is 2. The first-order valence-corrected chi connectivity index (χ1v) is 20.8. The SMILES string of the molecule is CC(C)OC(=O)c1cc(-c2nn(C)c(C(F)(F)F)c2Br)c(F)cc1Cl.CP(=O)(O)CCC(N)C(=O)O.Cc1nn(-c2cc(CC(Cl)C(=O)O)c(Cl)cc2F)c(=O)n1C(F)F. The minimum atomic E-state index is -4.69. The number of hydrogen-bond acceptors (Lipinski definition) is 9. The normalized spacial score (nSPS) is 13.5. The number of hydrogen-bond donors (Lipinski definition) is 4. The van der Waals surface area contributed by atoms with Gasteiger partial charge >= 0.3 is 36.3 Å². The van der Waals surface area contributed by atoms with Gasteiger partial charge in [0.1, 0.15) is 34.4 Å². The maximum Gasteiger partial charge on any atom is 0.434 e. The summed E-state index contributed by atoms with van der Waals surface area (Å²) >= 11 is 20.1. The van der Waals surface area contributed by atoms with Gasteiger partial charge in [0.25, 0.3) is 0 Å². The van der Waals surface area contributed by atoms with Gasteiger partial charge in [0.05, 0.1) is 21.2 Å². The van der Waals surface area contributed by atoms with Gasteiger partial charge in [0.2, 0.25) is 0 Å². The number of carbonyl (C=O) groups excluding carboxylic acids is 1. The molecule has 2 aromatic carbocycles. The van der Waals surface area contributed by atoms with Crippen molar-refractivity contribution in [2.24, 2.45) is 12.8 Å². The lowest BCUT2D eigenvalue weighted by Gasteiger charge is -2.11. The van der Waals surface area contributed by atoms with E-state index in [2.05, 4.69) is 26.1 Å². The molecule has 332 valence electrons. The minimum absolute atomic E-state index is 0.0412. The molecule has 0 spiro atoms. The number of aryl methyl sites for hydroxylation is 2. The quantitative estimate of drug-likeness (QED) is 0.0465. The molecule has 0 aliphatic rings. The number of halogens is 11. The molecule has 4 aromatic rings. The zero-order valence-corrected chi connectivity index (χ0v) is 36.2. The lowest BCUT2D eigenvalue weighted by atomic mass is 10.1. The van der Waals surface area contributed by atoms with Gasteiger partial charge in [0, 0.05) is 36.9 Å². The van der Waals surface area contributed by atoms with Crippen LogP contribution in [0, 0.1) is 18.6 Å². The monoisotopic (exact) mass is 1010 g/mol. The molecule has 0 fully saturated rings. The van der Waals surface area contributed by atoms with Crippen molar-refractivity contribution < 1.29 is 69.5 Å². The Bertz CT molecular complexity index is 2340. The zero-order valence-electron chi connectivity index (χ0n) is 31.4. The second kappa shape index (κ2) is 21.2. The summed E-state index contributed by atoms with van der Waals surface area (Å²) in [6.07, 6.45) is -5.40. The summed E-state index contributed by atoms with van der Waals surface area (Å²) in [4.78, 5) is 53.7. The molecule has 4 rings (SSSR count). The Hall–Kier alpha value is -3.99. The third-order valence-corrected chi connectivity index (χ3v) is 10.3. The summed E-state index contributed by atoms with van der Waals surface area (Å²) in [7, 11) is -2.02. The number of carboxylic acid groups (broad SMARTS) is 2. The first-order valence-electron chi connectivity index (χ1n) is 16.5. The summed E-state index contributed by atoms with van der Waals surface area (Å²) in [6.45, 7) is 2.43. The number of nitrogens with two attached hydrogens (primary N) is 1. The summed E-state index contributed by atoms with van der Waals surface area (Å²) in [5, 5.41) is 22.8. The molecule has 0 amide bonds. The molecule has 0 aliphatic carbocycles. The largest absolute Gasteiger partial charge is 0.480 e. The topological polar surface area (TPSA) is 222 Å². The van der Waals surface area contributed by atoms with Crippen LogP contribution < -0.4 is 11.4 Å². The molecule has 3 unspecified atom stereocenters. The van der Waals surface area contributed by atoms with E-state index in [0.29, 0.717) is 9.36 Å². The Morgan fingerprint density at radius 1 is 1.02 bits per heavy atom.